The highest BCUT2D eigenvalue weighted by Crippen LogP contribution is 2.41. The zero-order valence-corrected chi connectivity index (χ0v) is 13.6. The molecule has 0 aliphatic carbocycles. The van der Waals surface area contributed by atoms with Gasteiger partial charge in [-0.05, 0) is 49.2 Å². The lowest BCUT2D eigenvalue weighted by atomic mass is 9.99. The summed E-state index contributed by atoms with van der Waals surface area (Å²) >= 11 is 6.02. The number of benzene rings is 2. The van der Waals surface area contributed by atoms with Gasteiger partial charge in [0.25, 0.3) is 0 Å². The van der Waals surface area contributed by atoms with Crippen LogP contribution in [0.25, 0.3) is 11.1 Å². The standard InChI is InChI=1S/C18H17ClF3NO/c19-16-5-1-4-15(18(20,21)22)17(16)12-6-8-14(9-7-12)24-11-13-3-2-10-23-13/h1,4-9,13,23H,2-3,10-11H2/t13-/m0/s1. The molecule has 1 heterocycles. The lowest BCUT2D eigenvalue weighted by Crippen LogP contribution is -2.28. The number of nitrogens with one attached hydrogen (secondary N) is 1. The minimum Gasteiger partial charge on any atom is -0.492 e. The maximum absolute atomic E-state index is 13.2. The van der Waals surface area contributed by atoms with E-state index in [1.54, 1.807) is 24.3 Å². The molecule has 6 heteroatoms. The first kappa shape index (κ1) is 17.1. The molecule has 0 spiro atoms. The SMILES string of the molecule is FC(F)(F)c1cccc(Cl)c1-c1ccc(OC[C@@H]2CCCN2)cc1. The van der Waals surface area contributed by atoms with E-state index >= 15 is 0 Å². The molecule has 0 bridgehead atoms. The van der Waals surface area contributed by atoms with Crippen LogP contribution in [0, 0.1) is 0 Å². The second-order valence-electron chi connectivity index (χ2n) is 5.79. The van der Waals surface area contributed by atoms with Gasteiger partial charge in [-0.3, -0.25) is 0 Å². The van der Waals surface area contributed by atoms with E-state index in [1.807, 2.05) is 0 Å². The van der Waals surface area contributed by atoms with Crippen molar-refractivity contribution in [3.63, 3.8) is 0 Å². The third-order valence-corrected chi connectivity index (χ3v) is 4.39. The summed E-state index contributed by atoms with van der Waals surface area (Å²) in [7, 11) is 0. The third kappa shape index (κ3) is 3.84. The smallest absolute Gasteiger partial charge is 0.417 e. The minimum atomic E-state index is -4.45. The van der Waals surface area contributed by atoms with Gasteiger partial charge in [0.15, 0.2) is 0 Å². The van der Waals surface area contributed by atoms with Crippen LogP contribution in [0.15, 0.2) is 42.5 Å². The molecule has 0 radical (unpaired) electrons. The Kier molecular flexibility index (Phi) is 5.01. The number of alkyl halides is 3. The Morgan fingerprint density at radius 2 is 1.88 bits per heavy atom. The second-order valence-corrected chi connectivity index (χ2v) is 6.20. The van der Waals surface area contributed by atoms with Crippen LogP contribution in [0.3, 0.4) is 0 Å². The molecule has 2 aromatic carbocycles. The summed E-state index contributed by atoms with van der Waals surface area (Å²) < 4.78 is 45.3. The Hall–Kier alpha value is -1.72. The van der Waals surface area contributed by atoms with E-state index in [1.165, 1.54) is 12.1 Å². The molecule has 0 aromatic heterocycles. The summed E-state index contributed by atoms with van der Waals surface area (Å²) in [6.45, 7) is 1.55. The highest BCUT2D eigenvalue weighted by molar-refractivity contribution is 6.33. The molecule has 1 N–H and O–H groups in total. The zero-order chi connectivity index (χ0) is 17.2. The molecule has 0 saturated carbocycles. The van der Waals surface area contributed by atoms with Crippen LogP contribution in [0.1, 0.15) is 18.4 Å². The maximum Gasteiger partial charge on any atom is 0.417 e. The molecule has 24 heavy (non-hydrogen) atoms. The fourth-order valence-corrected chi connectivity index (χ4v) is 3.15. The van der Waals surface area contributed by atoms with Crippen LogP contribution in [-0.4, -0.2) is 19.2 Å². The van der Waals surface area contributed by atoms with Crippen LogP contribution in [0.5, 0.6) is 5.75 Å². The molecule has 2 nitrogen and oxygen atoms in total. The average molecular weight is 356 g/mol. The fourth-order valence-electron chi connectivity index (χ4n) is 2.87. The molecule has 1 aliphatic heterocycles. The fraction of sp³-hybridized carbons (Fsp3) is 0.333. The maximum atomic E-state index is 13.2. The lowest BCUT2D eigenvalue weighted by molar-refractivity contribution is -0.137. The first-order chi connectivity index (χ1) is 11.4. The minimum absolute atomic E-state index is 0.00400. The molecule has 1 atom stereocenters. The lowest BCUT2D eigenvalue weighted by Gasteiger charge is -2.15. The highest BCUT2D eigenvalue weighted by Gasteiger charge is 2.34. The Balaban J connectivity index is 1.81. The van der Waals surface area contributed by atoms with Gasteiger partial charge in [-0.1, -0.05) is 29.8 Å². The Morgan fingerprint density at radius 3 is 2.50 bits per heavy atom. The van der Waals surface area contributed by atoms with Gasteiger partial charge in [0.1, 0.15) is 12.4 Å². The molecular formula is C18H17ClF3NO. The third-order valence-electron chi connectivity index (χ3n) is 4.08. The normalized spacial score (nSPS) is 17.9. The van der Waals surface area contributed by atoms with Crippen molar-refractivity contribution in [3.05, 3.63) is 53.1 Å². The summed E-state index contributed by atoms with van der Waals surface area (Å²) in [5.41, 5.74) is -0.325. The largest absolute Gasteiger partial charge is 0.492 e. The van der Waals surface area contributed by atoms with Gasteiger partial charge in [-0.25, -0.2) is 0 Å². The van der Waals surface area contributed by atoms with Crippen molar-refractivity contribution in [2.24, 2.45) is 0 Å². The molecule has 1 saturated heterocycles. The monoisotopic (exact) mass is 355 g/mol. The topological polar surface area (TPSA) is 21.3 Å². The van der Waals surface area contributed by atoms with Crippen molar-refractivity contribution in [2.75, 3.05) is 13.2 Å². The van der Waals surface area contributed by atoms with Gasteiger partial charge >= 0.3 is 6.18 Å². The van der Waals surface area contributed by atoms with Crippen molar-refractivity contribution in [1.82, 2.24) is 5.32 Å². The molecule has 128 valence electrons. The van der Waals surface area contributed by atoms with E-state index in [0.717, 1.165) is 25.5 Å². The van der Waals surface area contributed by atoms with Crippen LogP contribution in [0.4, 0.5) is 13.2 Å². The van der Waals surface area contributed by atoms with E-state index in [0.29, 0.717) is 24.0 Å². The first-order valence-corrected chi connectivity index (χ1v) is 8.15. The van der Waals surface area contributed by atoms with Gasteiger partial charge in [0, 0.05) is 16.6 Å². The summed E-state index contributed by atoms with van der Waals surface area (Å²) in [5, 5.41) is 3.41. The average Bonchev–Trinajstić information content (AvgIpc) is 3.06. The predicted octanol–water partition coefficient (Wildman–Crippen LogP) is 5.16. The van der Waals surface area contributed by atoms with Gasteiger partial charge < -0.3 is 10.1 Å². The van der Waals surface area contributed by atoms with Crippen molar-refractivity contribution in [1.29, 1.82) is 0 Å². The summed E-state index contributed by atoms with van der Waals surface area (Å²) in [5.74, 6) is 0.632. The summed E-state index contributed by atoms with van der Waals surface area (Å²) in [4.78, 5) is 0. The second kappa shape index (κ2) is 7.03. The van der Waals surface area contributed by atoms with E-state index in [9.17, 15) is 13.2 Å². The number of hydrogen-bond donors (Lipinski definition) is 1. The highest BCUT2D eigenvalue weighted by atomic mass is 35.5. The van der Waals surface area contributed by atoms with Crippen molar-refractivity contribution >= 4 is 11.6 Å². The molecular weight excluding hydrogens is 339 g/mol. The van der Waals surface area contributed by atoms with Crippen molar-refractivity contribution in [2.45, 2.75) is 25.1 Å². The van der Waals surface area contributed by atoms with E-state index in [4.69, 9.17) is 16.3 Å². The number of rotatable bonds is 4. The first-order valence-electron chi connectivity index (χ1n) is 7.77. The van der Waals surface area contributed by atoms with Crippen molar-refractivity contribution in [3.8, 4) is 16.9 Å². The number of hydrogen-bond acceptors (Lipinski definition) is 2. The van der Waals surface area contributed by atoms with Gasteiger partial charge in [0.05, 0.1) is 5.56 Å². The molecule has 0 unspecified atom stereocenters. The Morgan fingerprint density at radius 1 is 1.12 bits per heavy atom. The van der Waals surface area contributed by atoms with Crippen LogP contribution in [-0.2, 0) is 6.18 Å². The molecule has 1 fully saturated rings. The van der Waals surface area contributed by atoms with Crippen LogP contribution in [0.2, 0.25) is 5.02 Å². The van der Waals surface area contributed by atoms with E-state index < -0.39 is 11.7 Å². The van der Waals surface area contributed by atoms with Gasteiger partial charge in [0.2, 0.25) is 0 Å². The van der Waals surface area contributed by atoms with Crippen LogP contribution < -0.4 is 10.1 Å². The number of halogens is 4. The molecule has 2 aromatic rings. The van der Waals surface area contributed by atoms with Crippen LogP contribution >= 0.6 is 11.6 Å². The predicted molar refractivity (Wildman–Crippen MR) is 88.4 cm³/mol. The van der Waals surface area contributed by atoms with E-state index in [2.05, 4.69) is 5.32 Å². The van der Waals surface area contributed by atoms with Gasteiger partial charge in [-0.2, -0.15) is 13.2 Å². The van der Waals surface area contributed by atoms with Crippen molar-refractivity contribution < 1.29 is 17.9 Å². The van der Waals surface area contributed by atoms with E-state index in [-0.39, 0.29) is 10.6 Å². The van der Waals surface area contributed by atoms with Gasteiger partial charge in [-0.15, -0.1) is 0 Å². The Labute approximate surface area is 143 Å². The quantitative estimate of drug-likeness (QED) is 0.818. The number of ether oxygens (including phenoxy) is 1. The molecule has 1 aliphatic rings. The summed E-state index contributed by atoms with van der Waals surface area (Å²) in [6, 6.07) is 10.7. The molecule has 0 amide bonds. The molecule has 3 rings (SSSR count). The Bertz CT molecular complexity index is 694. The zero-order valence-electron chi connectivity index (χ0n) is 12.9. The summed E-state index contributed by atoms with van der Waals surface area (Å²) in [6.07, 6.45) is -2.24.